The Morgan fingerprint density at radius 3 is 2.57 bits per heavy atom. The highest BCUT2D eigenvalue weighted by molar-refractivity contribution is 9.11. The van der Waals surface area contributed by atoms with Crippen LogP contribution in [0.15, 0.2) is 39.6 Å². The summed E-state index contributed by atoms with van der Waals surface area (Å²) in [6.07, 6.45) is 0.756. The number of alkyl halides is 1. The molecule has 0 aliphatic carbocycles. The van der Waals surface area contributed by atoms with E-state index in [9.17, 15) is 4.79 Å². The number of hydrogen-bond donors (Lipinski definition) is 1. The summed E-state index contributed by atoms with van der Waals surface area (Å²) in [4.78, 5) is 15.4. The Hall–Kier alpha value is -1.07. The van der Waals surface area contributed by atoms with Crippen LogP contribution in [0.25, 0.3) is 0 Å². The minimum absolute atomic E-state index is 0.0302. The molecule has 1 atom stereocenters. The standard InChI is InChI=1S/C16H17Br2NO2/c1-10-11(2)19-15(14(18)16(10)20)13(17)8-9-21-12-6-4-3-5-7-12/h3-7,13H,8-9H2,1-2H3,(H,19,20). The van der Waals surface area contributed by atoms with Gasteiger partial charge in [0, 0.05) is 17.0 Å². The van der Waals surface area contributed by atoms with Crippen molar-refractivity contribution in [3.05, 3.63) is 62.0 Å². The summed E-state index contributed by atoms with van der Waals surface area (Å²) in [6.45, 7) is 4.30. The molecule has 21 heavy (non-hydrogen) atoms. The van der Waals surface area contributed by atoms with Gasteiger partial charge in [-0.15, -0.1) is 0 Å². The molecule has 1 aromatic heterocycles. The molecular weight excluding hydrogens is 398 g/mol. The Morgan fingerprint density at radius 2 is 1.90 bits per heavy atom. The van der Waals surface area contributed by atoms with Crippen molar-refractivity contribution >= 4 is 31.9 Å². The van der Waals surface area contributed by atoms with Crippen LogP contribution in [0, 0.1) is 13.8 Å². The summed E-state index contributed by atoms with van der Waals surface area (Å²) in [7, 11) is 0. The van der Waals surface area contributed by atoms with Crippen molar-refractivity contribution in [2.45, 2.75) is 25.1 Å². The van der Waals surface area contributed by atoms with E-state index < -0.39 is 0 Å². The molecule has 2 aromatic rings. The predicted molar refractivity (Wildman–Crippen MR) is 92.5 cm³/mol. The molecule has 5 heteroatoms. The van der Waals surface area contributed by atoms with Crippen molar-refractivity contribution in [3.8, 4) is 5.75 Å². The highest BCUT2D eigenvalue weighted by Gasteiger charge is 2.16. The minimum Gasteiger partial charge on any atom is -0.494 e. The lowest BCUT2D eigenvalue weighted by atomic mass is 10.1. The lowest BCUT2D eigenvalue weighted by Crippen LogP contribution is -2.15. The second-order valence-corrected chi connectivity index (χ2v) is 6.75. The van der Waals surface area contributed by atoms with Crippen LogP contribution in [-0.2, 0) is 0 Å². The zero-order chi connectivity index (χ0) is 15.4. The quantitative estimate of drug-likeness (QED) is 0.723. The Bertz CT molecular complexity index is 668. The number of H-pyrrole nitrogens is 1. The van der Waals surface area contributed by atoms with Crippen molar-refractivity contribution in [1.29, 1.82) is 0 Å². The predicted octanol–water partition coefficient (Wildman–Crippen LogP) is 4.66. The highest BCUT2D eigenvalue weighted by atomic mass is 79.9. The van der Waals surface area contributed by atoms with Crippen molar-refractivity contribution in [2.75, 3.05) is 6.61 Å². The summed E-state index contributed by atoms with van der Waals surface area (Å²) in [6, 6.07) is 9.70. The van der Waals surface area contributed by atoms with E-state index >= 15 is 0 Å². The molecule has 0 radical (unpaired) electrons. The molecule has 112 valence electrons. The van der Waals surface area contributed by atoms with E-state index in [1.54, 1.807) is 0 Å². The highest BCUT2D eigenvalue weighted by Crippen LogP contribution is 2.30. The molecule has 0 saturated carbocycles. The van der Waals surface area contributed by atoms with E-state index in [0.717, 1.165) is 29.1 Å². The maximum absolute atomic E-state index is 12.1. The van der Waals surface area contributed by atoms with Crippen LogP contribution in [-0.4, -0.2) is 11.6 Å². The van der Waals surface area contributed by atoms with Gasteiger partial charge in [0.1, 0.15) is 5.75 Å². The van der Waals surface area contributed by atoms with Gasteiger partial charge in [0.2, 0.25) is 0 Å². The molecule has 3 nitrogen and oxygen atoms in total. The summed E-state index contributed by atoms with van der Waals surface area (Å²) in [5.41, 5.74) is 2.53. The normalized spacial score (nSPS) is 12.2. The lowest BCUT2D eigenvalue weighted by Gasteiger charge is -2.15. The monoisotopic (exact) mass is 413 g/mol. The van der Waals surface area contributed by atoms with Gasteiger partial charge in [0.25, 0.3) is 0 Å². The van der Waals surface area contributed by atoms with Crippen molar-refractivity contribution in [2.24, 2.45) is 0 Å². The smallest absolute Gasteiger partial charge is 0.199 e. The lowest BCUT2D eigenvalue weighted by molar-refractivity contribution is 0.310. The van der Waals surface area contributed by atoms with Gasteiger partial charge < -0.3 is 9.72 Å². The molecular formula is C16H17Br2NO2. The first-order chi connectivity index (χ1) is 10.0. The average molecular weight is 415 g/mol. The van der Waals surface area contributed by atoms with Crippen LogP contribution >= 0.6 is 31.9 Å². The third kappa shape index (κ3) is 3.98. The number of aromatic nitrogens is 1. The summed E-state index contributed by atoms with van der Waals surface area (Å²) < 4.78 is 6.27. The van der Waals surface area contributed by atoms with Crippen LogP contribution in [0.5, 0.6) is 5.75 Å². The number of nitrogens with one attached hydrogen (secondary N) is 1. The first kappa shape index (κ1) is 16.3. The second-order valence-electron chi connectivity index (χ2n) is 4.85. The largest absolute Gasteiger partial charge is 0.494 e. The summed E-state index contributed by atoms with van der Waals surface area (Å²) in [5, 5.41) is 0. The van der Waals surface area contributed by atoms with E-state index in [0.29, 0.717) is 11.1 Å². The summed E-state index contributed by atoms with van der Waals surface area (Å²) >= 11 is 7.01. The Labute approximate surface area is 141 Å². The number of para-hydroxylation sites is 1. The van der Waals surface area contributed by atoms with E-state index in [2.05, 4.69) is 36.8 Å². The first-order valence-corrected chi connectivity index (χ1v) is 8.42. The number of rotatable bonds is 5. The van der Waals surface area contributed by atoms with Crippen molar-refractivity contribution in [1.82, 2.24) is 4.98 Å². The molecule has 1 N–H and O–H groups in total. The van der Waals surface area contributed by atoms with E-state index in [1.165, 1.54) is 0 Å². The van der Waals surface area contributed by atoms with Gasteiger partial charge in [-0.1, -0.05) is 34.1 Å². The third-order valence-corrected chi connectivity index (χ3v) is 5.06. The fourth-order valence-corrected chi connectivity index (χ4v) is 3.48. The molecule has 2 rings (SSSR count). The summed E-state index contributed by atoms with van der Waals surface area (Å²) in [5.74, 6) is 0.852. The number of pyridine rings is 1. The van der Waals surface area contributed by atoms with Crippen LogP contribution < -0.4 is 10.2 Å². The molecule has 0 aliphatic heterocycles. The first-order valence-electron chi connectivity index (χ1n) is 6.71. The molecule has 1 aromatic carbocycles. The van der Waals surface area contributed by atoms with Gasteiger partial charge >= 0.3 is 0 Å². The average Bonchev–Trinajstić information content (AvgIpc) is 2.49. The van der Waals surface area contributed by atoms with Gasteiger partial charge in [-0.05, 0) is 48.3 Å². The zero-order valence-corrected chi connectivity index (χ0v) is 15.1. The van der Waals surface area contributed by atoms with E-state index in [1.807, 2.05) is 44.2 Å². The minimum atomic E-state index is 0.0302. The van der Waals surface area contributed by atoms with Crippen LogP contribution in [0.2, 0.25) is 0 Å². The van der Waals surface area contributed by atoms with Crippen molar-refractivity contribution < 1.29 is 4.74 Å². The number of aryl methyl sites for hydroxylation is 1. The number of hydrogen-bond acceptors (Lipinski definition) is 2. The Kier molecular flexibility index (Phi) is 5.65. The fourth-order valence-electron chi connectivity index (χ4n) is 1.96. The van der Waals surface area contributed by atoms with Crippen LogP contribution in [0.4, 0.5) is 0 Å². The van der Waals surface area contributed by atoms with Gasteiger partial charge in [-0.2, -0.15) is 0 Å². The molecule has 1 unspecified atom stereocenters. The van der Waals surface area contributed by atoms with Crippen LogP contribution in [0.3, 0.4) is 0 Å². The van der Waals surface area contributed by atoms with Gasteiger partial charge in [-0.25, -0.2) is 0 Å². The zero-order valence-electron chi connectivity index (χ0n) is 12.0. The molecule has 0 saturated heterocycles. The van der Waals surface area contributed by atoms with Gasteiger partial charge in [0.05, 0.1) is 15.9 Å². The van der Waals surface area contributed by atoms with Crippen molar-refractivity contribution in [3.63, 3.8) is 0 Å². The SMILES string of the molecule is Cc1[nH]c(C(Br)CCOc2ccccc2)c(Br)c(=O)c1C. The third-order valence-electron chi connectivity index (χ3n) is 3.36. The molecule has 0 amide bonds. The van der Waals surface area contributed by atoms with Gasteiger partial charge in [0.15, 0.2) is 5.43 Å². The Balaban J connectivity index is 2.04. The number of benzene rings is 1. The maximum Gasteiger partial charge on any atom is 0.199 e. The molecule has 1 heterocycles. The van der Waals surface area contributed by atoms with Crippen LogP contribution in [0.1, 0.15) is 28.2 Å². The molecule has 0 bridgehead atoms. The number of halogens is 2. The molecule has 0 fully saturated rings. The number of ether oxygens (including phenoxy) is 1. The Morgan fingerprint density at radius 1 is 1.24 bits per heavy atom. The molecule has 0 aliphatic rings. The maximum atomic E-state index is 12.1. The topological polar surface area (TPSA) is 42.1 Å². The van der Waals surface area contributed by atoms with Gasteiger partial charge in [-0.3, -0.25) is 4.79 Å². The number of aromatic amines is 1. The van der Waals surface area contributed by atoms with E-state index in [4.69, 9.17) is 4.74 Å². The van der Waals surface area contributed by atoms with E-state index in [-0.39, 0.29) is 10.3 Å². The second kappa shape index (κ2) is 7.27. The fraction of sp³-hybridized carbons (Fsp3) is 0.312. The molecule has 0 spiro atoms.